The molecule has 0 atom stereocenters. The molecule has 0 spiro atoms. The molecule has 6 heteroatoms. The summed E-state index contributed by atoms with van der Waals surface area (Å²) in [6.45, 7) is 0. The van der Waals surface area contributed by atoms with Crippen molar-refractivity contribution in [1.29, 1.82) is 5.26 Å². The van der Waals surface area contributed by atoms with E-state index in [1.54, 1.807) is 0 Å². The molecule has 0 bridgehead atoms. The first-order valence-corrected chi connectivity index (χ1v) is 6.16. The van der Waals surface area contributed by atoms with Crippen LogP contribution in [0.15, 0.2) is 0 Å². The Morgan fingerprint density at radius 1 is 1.29 bits per heavy atom. The Morgan fingerprint density at radius 2 is 1.86 bits per heavy atom. The topological polar surface area (TPSA) is 82.0 Å². The van der Waals surface area contributed by atoms with Crippen molar-refractivity contribution >= 4 is 10.2 Å². The highest BCUT2D eigenvalue weighted by Gasteiger charge is 2.35. The Labute approximate surface area is 84.7 Å². The number of nitrogens with one attached hydrogen (secondary N) is 2. The van der Waals surface area contributed by atoms with Gasteiger partial charge in [0, 0.05) is 7.05 Å². The van der Waals surface area contributed by atoms with E-state index >= 15 is 0 Å². The predicted octanol–water partition coefficient (Wildman–Crippen LogP) is 0.267. The van der Waals surface area contributed by atoms with E-state index in [0.717, 1.165) is 19.3 Å². The molecule has 0 radical (unpaired) electrons. The third-order valence-electron chi connectivity index (χ3n) is 2.52. The molecule has 1 fully saturated rings. The Morgan fingerprint density at radius 3 is 2.29 bits per heavy atom. The second kappa shape index (κ2) is 4.26. The zero-order valence-corrected chi connectivity index (χ0v) is 9.02. The van der Waals surface area contributed by atoms with Crippen molar-refractivity contribution in [2.75, 3.05) is 7.05 Å². The SMILES string of the molecule is CNS(=O)(=O)NC1(C#N)CCCCC1. The minimum atomic E-state index is -3.51. The van der Waals surface area contributed by atoms with Gasteiger partial charge in [-0.3, -0.25) is 0 Å². The fraction of sp³-hybridized carbons (Fsp3) is 0.875. The molecular formula is C8H15N3O2S. The van der Waals surface area contributed by atoms with E-state index in [-0.39, 0.29) is 0 Å². The standard InChI is InChI=1S/C8H15N3O2S/c1-10-14(12,13)11-8(7-9)5-3-2-4-6-8/h10-11H,2-6H2,1H3. The second-order valence-corrected chi connectivity index (χ2v) is 5.18. The van der Waals surface area contributed by atoms with Gasteiger partial charge in [-0.15, -0.1) is 0 Å². The largest absolute Gasteiger partial charge is 0.278 e. The van der Waals surface area contributed by atoms with Gasteiger partial charge in [-0.25, -0.2) is 4.72 Å². The lowest BCUT2D eigenvalue weighted by molar-refractivity contribution is 0.337. The van der Waals surface area contributed by atoms with Gasteiger partial charge in [-0.2, -0.15) is 18.4 Å². The summed E-state index contributed by atoms with van der Waals surface area (Å²) in [6.07, 6.45) is 4.08. The summed E-state index contributed by atoms with van der Waals surface area (Å²) in [5.74, 6) is 0. The minimum Gasteiger partial charge on any atom is -0.205 e. The van der Waals surface area contributed by atoms with Gasteiger partial charge in [-0.05, 0) is 12.8 Å². The molecule has 1 saturated carbocycles. The number of nitriles is 1. The lowest BCUT2D eigenvalue weighted by atomic mass is 9.84. The molecule has 0 amide bonds. The molecule has 14 heavy (non-hydrogen) atoms. The van der Waals surface area contributed by atoms with E-state index in [2.05, 4.69) is 15.5 Å². The molecule has 1 aliphatic carbocycles. The molecule has 0 aromatic heterocycles. The first kappa shape index (κ1) is 11.4. The molecule has 5 nitrogen and oxygen atoms in total. The minimum absolute atomic E-state index is 0.602. The Kier molecular flexibility index (Phi) is 3.48. The summed E-state index contributed by atoms with van der Waals surface area (Å²) >= 11 is 0. The van der Waals surface area contributed by atoms with Gasteiger partial charge < -0.3 is 0 Å². The van der Waals surface area contributed by atoms with Crippen molar-refractivity contribution in [3.8, 4) is 6.07 Å². The summed E-state index contributed by atoms with van der Waals surface area (Å²) in [5, 5.41) is 9.00. The molecule has 0 saturated heterocycles. The first-order chi connectivity index (χ1) is 6.54. The second-order valence-electron chi connectivity index (χ2n) is 3.56. The quantitative estimate of drug-likeness (QED) is 0.711. The van der Waals surface area contributed by atoms with Gasteiger partial charge >= 0.3 is 0 Å². The average Bonchev–Trinajstić information content (AvgIpc) is 2.19. The van der Waals surface area contributed by atoms with Gasteiger partial charge in [0.2, 0.25) is 0 Å². The molecule has 0 heterocycles. The zero-order chi connectivity index (χ0) is 10.7. The van der Waals surface area contributed by atoms with Crippen LogP contribution in [-0.4, -0.2) is 21.0 Å². The highest BCUT2D eigenvalue weighted by Crippen LogP contribution is 2.27. The Hall–Kier alpha value is -0.640. The average molecular weight is 217 g/mol. The van der Waals surface area contributed by atoms with Gasteiger partial charge in [0.25, 0.3) is 10.2 Å². The molecule has 0 aromatic carbocycles. The first-order valence-electron chi connectivity index (χ1n) is 4.67. The van der Waals surface area contributed by atoms with E-state index < -0.39 is 15.7 Å². The normalized spacial score (nSPS) is 21.4. The van der Waals surface area contributed by atoms with Crippen LogP contribution in [0.1, 0.15) is 32.1 Å². The maximum Gasteiger partial charge on any atom is 0.278 e. The van der Waals surface area contributed by atoms with Crippen molar-refractivity contribution in [3.63, 3.8) is 0 Å². The lowest BCUT2D eigenvalue weighted by Gasteiger charge is -2.30. The van der Waals surface area contributed by atoms with Crippen LogP contribution < -0.4 is 9.44 Å². The third kappa shape index (κ3) is 2.67. The maximum absolute atomic E-state index is 11.3. The monoisotopic (exact) mass is 217 g/mol. The van der Waals surface area contributed by atoms with Crippen molar-refractivity contribution in [1.82, 2.24) is 9.44 Å². The summed E-state index contributed by atoms with van der Waals surface area (Å²) in [6, 6.07) is 2.08. The van der Waals surface area contributed by atoms with E-state index in [1.165, 1.54) is 7.05 Å². The van der Waals surface area contributed by atoms with Gasteiger partial charge in [0.05, 0.1) is 6.07 Å². The lowest BCUT2D eigenvalue weighted by Crippen LogP contribution is -2.51. The summed E-state index contributed by atoms with van der Waals surface area (Å²) in [5.41, 5.74) is -0.889. The fourth-order valence-electron chi connectivity index (χ4n) is 1.70. The van der Waals surface area contributed by atoms with Crippen LogP contribution in [0.3, 0.4) is 0 Å². The number of hydrogen-bond acceptors (Lipinski definition) is 3. The molecule has 2 N–H and O–H groups in total. The molecule has 0 aromatic rings. The number of nitrogens with zero attached hydrogens (tertiary/aromatic N) is 1. The van der Waals surface area contributed by atoms with Crippen molar-refractivity contribution in [2.45, 2.75) is 37.6 Å². The van der Waals surface area contributed by atoms with E-state index in [0.29, 0.717) is 12.8 Å². The zero-order valence-electron chi connectivity index (χ0n) is 8.21. The van der Waals surface area contributed by atoms with Crippen LogP contribution in [0.5, 0.6) is 0 Å². The molecular weight excluding hydrogens is 202 g/mol. The van der Waals surface area contributed by atoms with Gasteiger partial charge in [-0.1, -0.05) is 19.3 Å². The Balaban J connectivity index is 2.77. The van der Waals surface area contributed by atoms with Crippen molar-refractivity contribution < 1.29 is 8.42 Å². The predicted molar refractivity (Wildman–Crippen MR) is 52.5 cm³/mol. The van der Waals surface area contributed by atoms with Crippen LogP contribution in [0.25, 0.3) is 0 Å². The molecule has 0 aliphatic heterocycles. The van der Waals surface area contributed by atoms with Crippen molar-refractivity contribution in [3.05, 3.63) is 0 Å². The molecule has 0 unspecified atom stereocenters. The van der Waals surface area contributed by atoms with Crippen molar-refractivity contribution in [2.24, 2.45) is 0 Å². The highest BCUT2D eigenvalue weighted by molar-refractivity contribution is 7.87. The fourth-order valence-corrected chi connectivity index (χ4v) is 2.57. The Bertz CT molecular complexity index is 325. The van der Waals surface area contributed by atoms with Gasteiger partial charge in [0.1, 0.15) is 5.54 Å². The van der Waals surface area contributed by atoms with Crippen LogP contribution in [0.2, 0.25) is 0 Å². The van der Waals surface area contributed by atoms with E-state index in [9.17, 15) is 8.42 Å². The molecule has 80 valence electrons. The van der Waals surface area contributed by atoms with Crippen LogP contribution >= 0.6 is 0 Å². The summed E-state index contributed by atoms with van der Waals surface area (Å²) in [7, 11) is -2.18. The highest BCUT2D eigenvalue weighted by atomic mass is 32.2. The van der Waals surface area contributed by atoms with Crippen LogP contribution in [0, 0.1) is 11.3 Å². The molecule has 1 rings (SSSR count). The van der Waals surface area contributed by atoms with E-state index in [1.807, 2.05) is 0 Å². The number of hydrogen-bond donors (Lipinski definition) is 2. The number of rotatable bonds is 3. The van der Waals surface area contributed by atoms with Crippen LogP contribution in [-0.2, 0) is 10.2 Å². The maximum atomic E-state index is 11.3. The summed E-state index contributed by atoms with van der Waals surface area (Å²) in [4.78, 5) is 0. The van der Waals surface area contributed by atoms with Gasteiger partial charge in [0.15, 0.2) is 0 Å². The van der Waals surface area contributed by atoms with E-state index in [4.69, 9.17) is 5.26 Å². The van der Waals surface area contributed by atoms with Crippen LogP contribution in [0.4, 0.5) is 0 Å². The third-order valence-corrected chi connectivity index (χ3v) is 3.72. The smallest absolute Gasteiger partial charge is 0.205 e. The molecule has 1 aliphatic rings. The summed E-state index contributed by atoms with van der Waals surface area (Å²) < 4.78 is 27.1.